The Morgan fingerprint density at radius 1 is 1.13 bits per heavy atom. The average Bonchev–Trinajstić information content (AvgIpc) is 3.43. The van der Waals surface area contributed by atoms with Gasteiger partial charge in [-0.05, 0) is 54.6 Å². The van der Waals surface area contributed by atoms with Crippen LogP contribution in [0, 0.1) is 6.92 Å². The highest BCUT2D eigenvalue weighted by Gasteiger charge is 2.18. The molecule has 2 N–H and O–H groups in total. The van der Waals surface area contributed by atoms with E-state index in [-0.39, 0.29) is 12.4 Å². The predicted molar refractivity (Wildman–Crippen MR) is 130 cm³/mol. The number of halogens is 1. The minimum Gasteiger partial charge on any atom is -0.379 e. The number of morpholine rings is 1. The van der Waals surface area contributed by atoms with Gasteiger partial charge in [0.25, 0.3) is 0 Å². The van der Waals surface area contributed by atoms with E-state index in [1.807, 2.05) is 12.3 Å². The lowest BCUT2D eigenvalue weighted by Gasteiger charge is -2.32. The van der Waals surface area contributed by atoms with Crippen LogP contribution in [-0.4, -0.2) is 46.2 Å². The first-order chi connectivity index (χ1) is 14.7. The van der Waals surface area contributed by atoms with Crippen molar-refractivity contribution in [3.05, 3.63) is 59.1 Å². The highest BCUT2D eigenvalue weighted by Crippen LogP contribution is 2.32. The van der Waals surface area contributed by atoms with Crippen LogP contribution in [0.3, 0.4) is 0 Å². The van der Waals surface area contributed by atoms with Gasteiger partial charge in [-0.2, -0.15) is 4.98 Å². The number of benzene rings is 1. The molecule has 1 atom stereocenters. The fourth-order valence-electron chi connectivity index (χ4n) is 3.89. The molecule has 162 valence electrons. The standard InChI is InChI=1S/C23H25N5OS.ClH/c1-15-13-20(30-14-15)21-19-7-8-24-22(19)27-23(26-21)25-18-5-3-17(4-6-18)16(2)28-9-11-29-12-10-28;/h3-8,13-14,16H,9-12H2,1-2H3,(H2,24,25,26,27);1H. The number of H-pyrrole nitrogens is 1. The fourth-order valence-corrected chi connectivity index (χ4v) is 4.79. The molecule has 0 spiro atoms. The second-order valence-corrected chi connectivity index (χ2v) is 8.61. The van der Waals surface area contributed by atoms with Gasteiger partial charge in [-0.15, -0.1) is 23.7 Å². The molecule has 8 heteroatoms. The number of aryl methyl sites for hydroxylation is 1. The lowest BCUT2D eigenvalue weighted by atomic mass is 10.1. The Morgan fingerprint density at radius 2 is 1.90 bits per heavy atom. The number of anilines is 2. The molecule has 1 unspecified atom stereocenters. The Morgan fingerprint density at radius 3 is 2.61 bits per heavy atom. The van der Waals surface area contributed by atoms with Crippen LogP contribution in [0.1, 0.15) is 24.1 Å². The number of hydrogen-bond acceptors (Lipinski definition) is 6. The number of thiophene rings is 1. The number of aromatic nitrogens is 3. The van der Waals surface area contributed by atoms with Gasteiger partial charge in [-0.3, -0.25) is 4.90 Å². The molecule has 4 heterocycles. The third-order valence-corrected chi connectivity index (χ3v) is 6.68. The van der Waals surface area contributed by atoms with Crippen molar-refractivity contribution in [2.75, 3.05) is 31.6 Å². The van der Waals surface area contributed by atoms with Gasteiger partial charge in [-0.25, -0.2) is 4.98 Å². The lowest BCUT2D eigenvalue weighted by molar-refractivity contribution is 0.0198. The molecule has 31 heavy (non-hydrogen) atoms. The molecule has 1 fully saturated rings. The third-order valence-electron chi connectivity index (χ3n) is 5.62. The van der Waals surface area contributed by atoms with Gasteiger partial charge in [0.1, 0.15) is 5.65 Å². The van der Waals surface area contributed by atoms with Crippen LogP contribution >= 0.6 is 23.7 Å². The summed E-state index contributed by atoms with van der Waals surface area (Å²) in [5, 5.41) is 6.57. The topological polar surface area (TPSA) is 66.1 Å². The summed E-state index contributed by atoms with van der Waals surface area (Å²) in [4.78, 5) is 16.3. The van der Waals surface area contributed by atoms with E-state index in [2.05, 4.69) is 69.7 Å². The second kappa shape index (κ2) is 9.36. The van der Waals surface area contributed by atoms with Crippen molar-refractivity contribution >= 4 is 46.4 Å². The van der Waals surface area contributed by atoms with Crippen molar-refractivity contribution < 1.29 is 4.74 Å². The predicted octanol–water partition coefficient (Wildman–Crippen LogP) is 5.55. The first kappa shape index (κ1) is 21.8. The summed E-state index contributed by atoms with van der Waals surface area (Å²) >= 11 is 1.71. The molecule has 1 aliphatic rings. The molecule has 1 aromatic carbocycles. The molecule has 5 rings (SSSR count). The molecule has 0 radical (unpaired) electrons. The zero-order valence-electron chi connectivity index (χ0n) is 17.6. The van der Waals surface area contributed by atoms with Crippen LogP contribution in [0.4, 0.5) is 11.6 Å². The van der Waals surface area contributed by atoms with Crippen molar-refractivity contribution in [2.24, 2.45) is 0 Å². The molecule has 0 saturated carbocycles. The molecule has 1 aliphatic heterocycles. The molecule has 0 amide bonds. The summed E-state index contributed by atoms with van der Waals surface area (Å²) in [6, 6.07) is 13.1. The van der Waals surface area contributed by atoms with E-state index in [1.54, 1.807) is 11.3 Å². The number of rotatable bonds is 5. The first-order valence-corrected chi connectivity index (χ1v) is 11.1. The maximum absolute atomic E-state index is 5.47. The summed E-state index contributed by atoms with van der Waals surface area (Å²) in [5.74, 6) is 0.597. The Balaban J connectivity index is 0.00000231. The molecule has 4 aromatic rings. The van der Waals surface area contributed by atoms with Gasteiger partial charge < -0.3 is 15.0 Å². The van der Waals surface area contributed by atoms with Crippen molar-refractivity contribution in [3.8, 4) is 10.6 Å². The summed E-state index contributed by atoms with van der Waals surface area (Å²) < 4.78 is 5.47. The van der Waals surface area contributed by atoms with Crippen molar-refractivity contribution in [3.63, 3.8) is 0 Å². The van der Waals surface area contributed by atoms with Crippen LogP contribution in [-0.2, 0) is 4.74 Å². The van der Waals surface area contributed by atoms with Crippen molar-refractivity contribution in [1.29, 1.82) is 0 Å². The highest BCUT2D eigenvalue weighted by atomic mass is 35.5. The maximum atomic E-state index is 5.47. The van der Waals surface area contributed by atoms with Gasteiger partial charge in [0.15, 0.2) is 0 Å². The van der Waals surface area contributed by atoms with E-state index in [1.165, 1.54) is 11.1 Å². The quantitative estimate of drug-likeness (QED) is 0.412. The molecule has 1 saturated heterocycles. The Bertz CT molecular complexity index is 1150. The normalized spacial score (nSPS) is 15.5. The monoisotopic (exact) mass is 455 g/mol. The number of nitrogens with zero attached hydrogens (tertiary/aromatic N) is 3. The number of aromatic amines is 1. The van der Waals surface area contributed by atoms with E-state index in [4.69, 9.17) is 9.72 Å². The van der Waals surface area contributed by atoms with Gasteiger partial charge in [-0.1, -0.05) is 12.1 Å². The van der Waals surface area contributed by atoms with Gasteiger partial charge in [0, 0.05) is 36.4 Å². The van der Waals surface area contributed by atoms with Gasteiger partial charge in [0.05, 0.1) is 23.8 Å². The summed E-state index contributed by atoms with van der Waals surface area (Å²) in [7, 11) is 0. The number of nitrogens with one attached hydrogen (secondary N) is 2. The van der Waals surface area contributed by atoms with E-state index < -0.39 is 0 Å². The Hall–Kier alpha value is -2.45. The van der Waals surface area contributed by atoms with E-state index in [9.17, 15) is 0 Å². The molecule has 3 aromatic heterocycles. The van der Waals surface area contributed by atoms with Crippen LogP contribution in [0.25, 0.3) is 21.6 Å². The fraction of sp³-hybridized carbons (Fsp3) is 0.304. The largest absolute Gasteiger partial charge is 0.379 e. The molecular formula is C23H26ClN5OS. The van der Waals surface area contributed by atoms with Crippen LogP contribution in [0.2, 0.25) is 0 Å². The summed E-state index contributed by atoms with van der Waals surface area (Å²) in [6.07, 6.45) is 1.91. The number of hydrogen-bond donors (Lipinski definition) is 2. The zero-order chi connectivity index (χ0) is 20.5. The van der Waals surface area contributed by atoms with Gasteiger partial charge >= 0.3 is 0 Å². The second-order valence-electron chi connectivity index (χ2n) is 7.70. The van der Waals surface area contributed by atoms with Crippen LogP contribution in [0.15, 0.2) is 48.0 Å². The highest BCUT2D eigenvalue weighted by molar-refractivity contribution is 7.13. The van der Waals surface area contributed by atoms with Crippen molar-refractivity contribution in [2.45, 2.75) is 19.9 Å². The smallest absolute Gasteiger partial charge is 0.229 e. The molecule has 0 bridgehead atoms. The van der Waals surface area contributed by atoms with Crippen LogP contribution < -0.4 is 5.32 Å². The summed E-state index contributed by atoms with van der Waals surface area (Å²) in [5.41, 5.74) is 5.33. The third kappa shape index (κ3) is 4.60. The Kier molecular flexibility index (Phi) is 6.57. The van der Waals surface area contributed by atoms with E-state index in [0.29, 0.717) is 12.0 Å². The first-order valence-electron chi connectivity index (χ1n) is 10.3. The number of ether oxygens (including phenoxy) is 1. The SMILES string of the molecule is Cc1csc(-c2nc(Nc3ccc(C(C)N4CCOCC4)cc3)nc3[nH]ccc23)c1.Cl. The minimum atomic E-state index is 0. The number of fused-ring (bicyclic) bond motifs is 1. The molecule has 0 aliphatic carbocycles. The lowest BCUT2D eigenvalue weighted by Crippen LogP contribution is -2.37. The molecular weight excluding hydrogens is 430 g/mol. The Labute approximate surface area is 192 Å². The van der Waals surface area contributed by atoms with E-state index in [0.717, 1.165) is 53.6 Å². The zero-order valence-corrected chi connectivity index (χ0v) is 19.2. The van der Waals surface area contributed by atoms with Crippen molar-refractivity contribution in [1.82, 2.24) is 19.9 Å². The van der Waals surface area contributed by atoms with Crippen LogP contribution in [0.5, 0.6) is 0 Å². The minimum absolute atomic E-state index is 0. The van der Waals surface area contributed by atoms with E-state index >= 15 is 0 Å². The molecule has 6 nitrogen and oxygen atoms in total. The average molecular weight is 456 g/mol. The summed E-state index contributed by atoms with van der Waals surface area (Å²) in [6.45, 7) is 7.95. The van der Waals surface area contributed by atoms with Gasteiger partial charge in [0.2, 0.25) is 5.95 Å². The maximum Gasteiger partial charge on any atom is 0.229 e.